The Kier molecular flexibility index (Phi) is 5.24. The molecule has 1 aromatic rings. The molecule has 1 aliphatic rings. The van der Waals surface area contributed by atoms with E-state index in [9.17, 15) is 8.42 Å². The molecule has 0 aromatic carbocycles. The van der Waals surface area contributed by atoms with E-state index in [1.807, 2.05) is 0 Å². The van der Waals surface area contributed by atoms with Crippen LogP contribution in [0.4, 0.5) is 0 Å². The van der Waals surface area contributed by atoms with Crippen molar-refractivity contribution in [3.05, 3.63) is 15.9 Å². The lowest BCUT2D eigenvalue weighted by molar-refractivity contribution is 0.198. The highest BCUT2D eigenvalue weighted by molar-refractivity contribution is 9.10. The lowest BCUT2D eigenvalue weighted by Crippen LogP contribution is -2.48. The molecule has 0 bridgehead atoms. The highest BCUT2D eigenvalue weighted by atomic mass is 79.9. The normalized spacial score (nSPS) is 19.2. The maximum Gasteiger partial charge on any atom is 0.253 e. The van der Waals surface area contributed by atoms with Crippen molar-refractivity contribution in [3.8, 4) is 0 Å². The molecule has 102 valence electrons. The fraction of sp³-hybridized carbons (Fsp3) is 0.600. The Morgan fingerprint density at radius 3 is 2.44 bits per heavy atom. The summed E-state index contributed by atoms with van der Waals surface area (Å²) in [4.78, 5) is 2.27. The van der Waals surface area contributed by atoms with E-state index in [2.05, 4.69) is 36.8 Å². The Morgan fingerprint density at radius 2 is 1.94 bits per heavy atom. The van der Waals surface area contributed by atoms with Crippen molar-refractivity contribution in [2.75, 3.05) is 38.1 Å². The van der Waals surface area contributed by atoms with E-state index < -0.39 is 10.0 Å². The van der Waals surface area contributed by atoms with Crippen molar-refractivity contribution in [2.24, 2.45) is 0 Å². The monoisotopic (exact) mass is 416 g/mol. The van der Waals surface area contributed by atoms with Gasteiger partial charge < -0.3 is 0 Å². The van der Waals surface area contributed by atoms with Crippen LogP contribution in [0.25, 0.3) is 0 Å². The molecule has 0 unspecified atom stereocenters. The van der Waals surface area contributed by atoms with E-state index in [4.69, 9.17) is 0 Å². The van der Waals surface area contributed by atoms with E-state index in [0.717, 1.165) is 25.0 Å². The summed E-state index contributed by atoms with van der Waals surface area (Å²) in [7, 11) is -3.32. The molecule has 4 nitrogen and oxygen atoms in total. The maximum absolute atomic E-state index is 12.4. The van der Waals surface area contributed by atoms with Crippen molar-refractivity contribution in [2.45, 2.75) is 4.21 Å². The van der Waals surface area contributed by atoms with Gasteiger partial charge in [-0.3, -0.25) is 4.90 Å². The fourth-order valence-corrected chi connectivity index (χ4v) is 6.27. The van der Waals surface area contributed by atoms with Crippen molar-refractivity contribution in [3.63, 3.8) is 0 Å². The van der Waals surface area contributed by atoms with Gasteiger partial charge in [-0.2, -0.15) is 4.31 Å². The number of nitrogens with zero attached hydrogens (tertiary/aromatic N) is 2. The number of alkyl halides is 1. The van der Waals surface area contributed by atoms with E-state index in [-0.39, 0.29) is 0 Å². The SMILES string of the molecule is O=S(=O)(c1sccc1Br)N1CCN(CCBr)CC1. The largest absolute Gasteiger partial charge is 0.300 e. The number of thiophene rings is 1. The highest BCUT2D eigenvalue weighted by Gasteiger charge is 2.30. The molecule has 18 heavy (non-hydrogen) atoms. The minimum Gasteiger partial charge on any atom is -0.300 e. The number of sulfonamides is 1. The van der Waals surface area contributed by atoms with Gasteiger partial charge >= 0.3 is 0 Å². The molecule has 8 heteroatoms. The first-order valence-electron chi connectivity index (χ1n) is 5.57. The van der Waals surface area contributed by atoms with Crippen LogP contribution in [0.5, 0.6) is 0 Å². The maximum atomic E-state index is 12.4. The van der Waals surface area contributed by atoms with Crippen LogP contribution in [0.3, 0.4) is 0 Å². The second-order valence-corrected chi connectivity index (χ2v) is 8.69. The second kappa shape index (κ2) is 6.32. The lowest BCUT2D eigenvalue weighted by atomic mass is 10.4. The van der Waals surface area contributed by atoms with Gasteiger partial charge in [-0.05, 0) is 27.4 Å². The minimum atomic E-state index is -3.32. The fourth-order valence-electron chi connectivity index (χ4n) is 1.89. The molecular formula is C10H14Br2N2O2S2. The zero-order chi connectivity index (χ0) is 13.2. The molecule has 1 fully saturated rings. The Labute approximate surface area is 128 Å². The van der Waals surface area contributed by atoms with E-state index in [0.29, 0.717) is 21.8 Å². The van der Waals surface area contributed by atoms with Crippen LogP contribution in [-0.4, -0.2) is 55.7 Å². The van der Waals surface area contributed by atoms with E-state index in [1.54, 1.807) is 15.8 Å². The molecule has 2 rings (SSSR count). The molecule has 0 saturated carbocycles. The quantitative estimate of drug-likeness (QED) is 0.705. The number of rotatable bonds is 4. The van der Waals surface area contributed by atoms with Crippen molar-refractivity contribution >= 4 is 53.2 Å². The predicted octanol–water partition coefficient (Wildman–Crippen LogP) is 2.21. The van der Waals surface area contributed by atoms with Gasteiger partial charge in [0.1, 0.15) is 4.21 Å². The van der Waals surface area contributed by atoms with Crippen LogP contribution < -0.4 is 0 Å². The summed E-state index contributed by atoms with van der Waals surface area (Å²) in [5, 5.41) is 2.72. The Hall–Kier alpha value is 0.530. The molecular weight excluding hydrogens is 404 g/mol. The van der Waals surface area contributed by atoms with Gasteiger partial charge in [0, 0.05) is 42.5 Å². The Balaban J connectivity index is 2.08. The molecule has 2 heterocycles. The molecule has 1 aromatic heterocycles. The molecule has 0 N–H and O–H groups in total. The van der Waals surface area contributed by atoms with Crippen LogP contribution in [0.15, 0.2) is 20.1 Å². The molecule has 0 aliphatic carbocycles. The zero-order valence-corrected chi connectivity index (χ0v) is 14.5. The van der Waals surface area contributed by atoms with Gasteiger partial charge in [0.05, 0.1) is 0 Å². The van der Waals surface area contributed by atoms with Gasteiger partial charge in [0.25, 0.3) is 10.0 Å². The molecule has 0 radical (unpaired) electrons. The van der Waals surface area contributed by atoms with Crippen LogP contribution >= 0.6 is 43.2 Å². The first-order valence-corrected chi connectivity index (χ1v) is 9.80. The molecule has 0 spiro atoms. The Bertz CT molecular complexity index is 496. The lowest BCUT2D eigenvalue weighted by Gasteiger charge is -2.33. The van der Waals surface area contributed by atoms with Crippen molar-refractivity contribution < 1.29 is 8.42 Å². The minimum absolute atomic E-state index is 0.413. The Morgan fingerprint density at radius 1 is 1.28 bits per heavy atom. The first kappa shape index (κ1) is 14.9. The topological polar surface area (TPSA) is 40.6 Å². The molecule has 0 atom stereocenters. The highest BCUT2D eigenvalue weighted by Crippen LogP contribution is 2.30. The summed E-state index contributed by atoms with van der Waals surface area (Å²) in [5.74, 6) is 0. The predicted molar refractivity (Wildman–Crippen MR) is 81.0 cm³/mol. The van der Waals surface area contributed by atoms with Crippen molar-refractivity contribution in [1.82, 2.24) is 9.21 Å². The van der Waals surface area contributed by atoms with Crippen molar-refractivity contribution in [1.29, 1.82) is 0 Å². The molecule has 1 aliphatic heterocycles. The van der Waals surface area contributed by atoms with Gasteiger partial charge in [-0.15, -0.1) is 11.3 Å². The summed E-state index contributed by atoms with van der Waals surface area (Å²) in [6.45, 7) is 3.71. The number of hydrogen-bond donors (Lipinski definition) is 0. The van der Waals surface area contributed by atoms with Gasteiger partial charge in [0.15, 0.2) is 0 Å². The first-order chi connectivity index (χ1) is 8.55. The van der Waals surface area contributed by atoms with E-state index >= 15 is 0 Å². The summed E-state index contributed by atoms with van der Waals surface area (Å²) in [6, 6.07) is 1.78. The third kappa shape index (κ3) is 3.16. The molecule has 0 amide bonds. The summed E-state index contributed by atoms with van der Waals surface area (Å²) < 4.78 is 27.5. The van der Waals surface area contributed by atoms with Crippen LogP contribution in [0.2, 0.25) is 0 Å². The molecule has 1 saturated heterocycles. The standard InChI is InChI=1S/C10H14Br2N2O2S2/c11-2-3-13-4-6-14(7-5-13)18(15,16)10-9(12)1-8-17-10/h1,8H,2-7H2. The van der Waals surface area contributed by atoms with Crippen LogP contribution in [0, 0.1) is 0 Å². The third-order valence-corrected chi connectivity index (χ3v) is 7.79. The summed E-state index contributed by atoms with van der Waals surface area (Å²) in [6.07, 6.45) is 0. The number of hydrogen-bond acceptors (Lipinski definition) is 4. The average Bonchev–Trinajstić information content (AvgIpc) is 2.77. The number of piperazine rings is 1. The van der Waals surface area contributed by atoms with Gasteiger partial charge in [0.2, 0.25) is 0 Å². The van der Waals surface area contributed by atoms with Crippen LogP contribution in [0.1, 0.15) is 0 Å². The summed E-state index contributed by atoms with van der Waals surface area (Å²) in [5.41, 5.74) is 0. The smallest absolute Gasteiger partial charge is 0.253 e. The van der Waals surface area contributed by atoms with E-state index in [1.165, 1.54) is 11.3 Å². The average molecular weight is 418 g/mol. The van der Waals surface area contributed by atoms with Gasteiger partial charge in [-0.1, -0.05) is 15.9 Å². The third-order valence-electron chi connectivity index (χ3n) is 2.89. The summed E-state index contributed by atoms with van der Waals surface area (Å²) >= 11 is 7.96. The zero-order valence-electron chi connectivity index (χ0n) is 9.68. The number of halogens is 2. The second-order valence-electron chi connectivity index (χ2n) is 3.99. The van der Waals surface area contributed by atoms with Gasteiger partial charge in [-0.25, -0.2) is 8.42 Å². The van der Waals surface area contributed by atoms with Crippen LogP contribution in [-0.2, 0) is 10.0 Å².